The second-order valence-corrected chi connectivity index (χ2v) is 7.67. The number of hydrogen-bond donors (Lipinski definition) is 3. The van der Waals surface area contributed by atoms with E-state index in [1.165, 1.54) is 13.3 Å². The molecule has 0 saturated heterocycles. The van der Waals surface area contributed by atoms with Gasteiger partial charge in [0.15, 0.2) is 6.61 Å². The first-order valence-corrected chi connectivity index (χ1v) is 10.9. The third-order valence-corrected chi connectivity index (χ3v) is 5.23. The summed E-state index contributed by atoms with van der Waals surface area (Å²) in [5, 5.41) is 9.41. The van der Waals surface area contributed by atoms with Crippen molar-refractivity contribution in [2.24, 2.45) is 5.10 Å². The lowest BCUT2D eigenvalue weighted by Crippen LogP contribution is -2.32. The Bertz CT molecular complexity index is 1230. The molecule has 0 aromatic heterocycles. The maximum absolute atomic E-state index is 12.1. The van der Waals surface area contributed by atoms with Crippen molar-refractivity contribution < 1.29 is 23.9 Å². The van der Waals surface area contributed by atoms with Gasteiger partial charge in [-0.3, -0.25) is 14.4 Å². The molecule has 0 radical (unpaired) electrons. The van der Waals surface area contributed by atoms with E-state index in [0.717, 1.165) is 0 Å². The first-order chi connectivity index (χ1) is 16.9. The Labute approximate surface area is 211 Å². The fourth-order valence-corrected chi connectivity index (χ4v) is 3.01. The molecule has 35 heavy (non-hydrogen) atoms. The average molecular weight is 515 g/mol. The van der Waals surface area contributed by atoms with Crippen molar-refractivity contribution in [1.29, 1.82) is 0 Å². The Morgan fingerprint density at radius 1 is 0.886 bits per heavy atom. The first-order valence-electron chi connectivity index (χ1n) is 10.1. The second-order valence-electron chi connectivity index (χ2n) is 6.89. The van der Waals surface area contributed by atoms with Gasteiger partial charge in [-0.15, -0.1) is 0 Å². The zero-order valence-corrected chi connectivity index (χ0v) is 19.9. The van der Waals surface area contributed by atoms with Gasteiger partial charge in [0.1, 0.15) is 11.5 Å². The van der Waals surface area contributed by atoms with E-state index in [-0.39, 0.29) is 11.6 Å². The lowest BCUT2D eigenvalue weighted by molar-refractivity contribution is -0.136. The summed E-state index contributed by atoms with van der Waals surface area (Å²) in [6.45, 7) is -0.240. The highest BCUT2D eigenvalue weighted by Gasteiger charge is 2.13. The largest absolute Gasteiger partial charge is 0.497 e. The molecule has 0 aliphatic rings. The molecule has 0 saturated carbocycles. The molecule has 11 heteroatoms. The van der Waals surface area contributed by atoms with Crippen molar-refractivity contribution in [3.8, 4) is 11.5 Å². The fraction of sp³-hybridized carbons (Fsp3) is 0.0833. The standard InChI is InChI=1S/C24H20Cl2N4O5/c1-34-17-11-7-16(8-12-17)28-23(32)24(33)30-27-13-15-5-9-18(10-6-15)35-14-21(31)29-20-4-2-3-19(25)22(20)26/h2-13H,14H2,1H3,(H,28,32)(H,29,31)(H,30,33)/b27-13-. The molecule has 0 spiro atoms. The highest BCUT2D eigenvalue weighted by atomic mass is 35.5. The highest BCUT2D eigenvalue weighted by molar-refractivity contribution is 6.44. The van der Waals surface area contributed by atoms with Crippen LogP contribution in [0.3, 0.4) is 0 Å². The number of ether oxygens (including phenoxy) is 2. The number of methoxy groups -OCH3 is 1. The molecule has 3 aromatic rings. The first kappa shape index (κ1) is 25.5. The van der Waals surface area contributed by atoms with Gasteiger partial charge in [-0.25, -0.2) is 5.43 Å². The summed E-state index contributed by atoms with van der Waals surface area (Å²) < 4.78 is 10.5. The van der Waals surface area contributed by atoms with Crippen molar-refractivity contribution in [1.82, 2.24) is 5.43 Å². The molecule has 3 N–H and O–H groups in total. The van der Waals surface area contributed by atoms with Crippen LogP contribution >= 0.6 is 23.2 Å². The van der Waals surface area contributed by atoms with Gasteiger partial charge < -0.3 is 20.1 Å². The van der Waals surface area contributed by atoms with Gasteiger partial charge in [-0.2, -0.15) is 5.10 Å². The number of rotatable bonds is 8. The number of hydrogen-bond acceptors (Lipinski definition) is 6. The van der Waals surface area contributed by atoms with Crippen LogP contribution in [-0.2, 0) is 14.4 Å². The van der Waals surface area contributed by atoms with E-state index < -0.39 is 17.7 Å². The Hall–Kier alpha value is -4.08. The van der Waals surface area contributed by atoms with Crippen LogP contribution < -0.4 is 25.5 Å². The number of benzene rings is 3. The summed E-state index contributed by atoms with van der Waals surface area (Å²) in [6, 6.07) is 18.0. The maximum Gasteiger partial charge on any atom is 0.329 e. The van der Waals surface area contributed by atoms with E-state index in [2.05, 4.69) is 21.2 Å². The molecule has 0 aliphatic heterocycles. The predicted octanol–water partition coefficient (Wildman–Crippen LogP) is 4.11. The molecule has 3 aromatic carbocycles. The Balaban J connectivity index is 1.43. The smallest absolute Gasteiger partial charge is 0.329 e. The summed E-state index contributed by atoms with van der Waals surface area (Å²) >= 11 is 12.0. The van der Waals surface area contributed by atoms with Crippen molar-refractivity contribution in [2.75, 3.05) is 24.4 Å². The van der Waals surface area contributed by atoms with Crippen LogP contribution in [0.4, 0.5) is 11.4 Å². The summed E-state index contributed by atoms with van der Waals surface area (Å²) in [7, 11) is 1.53. The average Bonchev–Trinajstić information content (AvgIpc) is 2.86. The minimum atomic E-state index is -0.928. The van der Waals surface area contributed by atoms with Gasteiger partial charge in [-0.1, -0.05) is 29.3 Å². The number of anilines is 2. The topological polar surface area (TPSA) is 118 Å². The number of carbonyl (C=O) groups excluding carboxylic acids is 3. The highest BCUT2D eigenvalue weighted by Crippen LogP contribution is 2.29. The number of nitrogens with zero attached hydrogens (tertiary/aromatic N) is 1. The van der Waals surface area contributed by atoms with Gasteiger partial charge in [0.2, 0.25) is 0 Å². The maximum atomic E-state index is 12.1. The SMILES string of the molecule is COc1ccc(NC(=O)C(=O)N/N=C\c2ccc(OCC(=O)Nc3cccc(Cl)c3Cl)cc2)cc1. The lowest BCUT2D eigenvalue weighted by Gasteiger charge is -2.09. The van der Waals surface area contributed by atoms with E-state index in [1.54, 1.807) is 66.7 Å². The van der Waals surface area contributed by atoms with Gasteiger partial charge in [-0.05, 0) is 66.2 Å². The molecule has 0 unspecified atom stereocenters. The van der Waals surface area contributed by atoms with Gasteiger partial charge in [0.05, 0.1) is 29.1 Å². The van der Waals surface area contributed by atoms with Crippen LogP contribution in [0.5, 0.6) is 11.5 Å². The second kappa shape index (κ2) is 12.4. The molecular weight excluding hydrogens is 495 g/mol. The van der Waals surface area contributed by atoms with Crippen LogP contribution in [0.25, 0.3) is 0 Å². The van der Waals surface area contributed by atoms with Gasteiger partial charge in [0, 0.05) is 5.69 Å². The normalized spacial score (nSPS) is 10.5. The van der Waals surface area contributed by atoms with Crippen LogP contribution in [0, 0.1) is 0 Å². The zero-order chi connectivity index (χ0) is 25.2. The van der Waals surface area contributed by atoms with E-state index in [9.17, 15) is 14.4 Å². The Kier molecular flexibility index (Phi) is 9.05. The Morgan fingerprint density at radius 2 is 1.57 bits per heavy atom. The van der Waals surface area contributed by atoms with E-state index in [0.29, 0.717) is 33.5 Å². The molecule has 0 atom stereocenters. The van der Waals surface area contributed by atoms with Gasteiger partial charge in [0.25, 0.3) is 5.91 Å². The monoisotopic (exact) mass is 514 g/mol. The summed E-state index contributed by atoms with van der Waals surface area (Å²) in [6.07, 6.45) is 1.36. The van der Waals surface area contributed by atoms with Crippen LogP contribution in [0.1, 0.15) is 5.56 Å². The van der Waals surface area contributed by atoms with Crippen molar-refractivity contribution in [3.63, 3.8) is 0 Å². The molecule has 180 valence electrons. The number of halogens is 2. The summed E-state index contributed by atoms with van der Waals surface area (Å²) in [4.78, 5) is 35.9. The molecule has 0 bridgehead atoms. The fourth-order valence-electron chi connectivity index (χ4n) is 2.66. The summed E-state index contributed by atoms with van der Waals surface area (Å²) in [5.41, 5.74) is 3.61. The van der Waals surface area contributed by atoms with Crippen LogP contribution in [0.15, 0.2) is 71.8 Å². The lowest BCUT2D eigenvalue weighted by atomic mass is 10.2. The minimum absolute atomic E-state index is 0.240. The van der Waals surface area contributed by atoms with Crippen LogP contribution in [0.2, 0.25) is 10.0 Å². The molecule has 9 nitrogen and oxygen atoms in total. The van der Waals surface area contributed by atoms with Crippen LogP contribution in [-0.4, -0.2) is 37.7 Å². The van der Waals surface area contributed by atoms with Crippen molar-refractivity contribution >= 4 is 58.5 Å². The van der Waals surface area contributed by atoms with Crippen molar-refractivity contribution in [3.05, 3.63) is 82.3 Å². The number of hydrazone groups is 1. The molecule has 3 rings (SSSR count). The molecular formula is C24H20Cl2N4O5. The molecule has 3 amide bonds. The van der Waals surface area contributed by atoms with Crippen molar-refractivity contribution in [2.45, 2.75) is 0 Å². The molecule has 0 fully saturated rings. The Morgan fingerprint density at radius 3 is 2.26 bits per heavy atom. The molecule has 0 aliphatic carbocycles. The third-order valence-electron chi connectivity index (χ3n) is 4.41. The number of nitrogens with one attached hydrogen (secondary N) is 3. The van der Waals surface area contributed by atoms with E-state index >= 15 is 0 Å². The zero-order valence-electron chi connectivity index (χ0n) is 18.4. The minimum Gasteiger partial charge on any atom is -0.497 e. The predicted molar refractivity (Wildman–Crippen MR) is 134 cm³/mol. The van der Waals surface area contributed by atoms with E-state index in [1.807, 2.05) is 0 Å². The quantitative estimate of drug-likeness (QED) is 0.237. The van der Waals surface area contributed by atoms with Gasteiger partial charge >= 0.3 is 11.8 Å². The molecule has 0 heterocycles. The summed E-state index contributed by atoms with van der Waals surface area (Å²) in [5.74, 6) is -1.14. The third kappa shape index (κ3) is 7.73. The van der Waals surface area contributed by atoms with E-state index in [4.69, 9.17) is 32.7 Å². The number of carbonyl (C=O) groups is 3. The number of amides is 3.